The number of nitrogens with one attached hydrogen (secondary N) is 1. The molecule has 0 unspecified atom stereocenters. The van der Waals surface area contributed by atoms with E-state index in [1.54, 1.807) is 18.2 Å². The summed E-state index contributed by atoms with van der Waals surface area (Å²) in [5.41, 5.74) is -0.262. The SMILES string of the molecule is O=C(O)CC1(NC(=O)c2cccc(Br)c2Cl)CCC1. The number of benzene rings is 1. The van der Waals surface area contributed by atoms with E-state index in [0.717, 1.165) is 6.42 Å². The minimum absolute atomic E-state index is 0.0512. The van der Waals surface area contributed by atoms with Crippen LogP contribution in [0.25, 0.3) is 0 Å². The molecule has 0 heterocycles. The van der Waals surface area contributed by atoms with Gasteiger partial charge in [0.25, 0.3) is 5.91 Å². The number of rotatable bonds is 4. The Morgan fingerprint density at radius 3 is 2.63 bits per heavy atom. The van der Waals surface area contributed by atoms with Crippen molar-refractivity contribution in [2.45, 2.75) is 31.2 Å². The fourth-order valence-electron chi connectivity index (χ4n) is 2.23. The molecule has 1 aromatic carbocycles. The van der Waals surface area contributed by atoms with Crippen molar-refractivity contribution in [3.63, 3.8) is 0 Å². The highest BCUT2D eigenvalue weighted by Crippen LogP contribution is 2.36. The summed E-state index contributed by atoms with van der Waals surface area (Å²) in [6, 6.07) is 5.08. The van der Waals surface area contributed by atoms with Gasteiger partial charge in [0.15, 0.2) is 0 Å². The van der Waals surface area contributed by atoms with Gasteiger partial charge < -0.3 is 10.4 Å². The summed E-state index contributed by atoms with van der Waals surface area (Å²) < 4.78 is 0.641. The molecule has 0 aliphatic heterocycles. The van der Waals surface area contributed by atoms with E-state index in [-0.39, 0.29) is 12.3 Å². The molecule has 1 saturated carbocycles. The van der Waals surface area contributed by atoms with Gasteiger partial charge in [-0.1, -0.05) is 17.7 Å². The molecule has 19 heavy (non-hydrogen) atoms. The van der Waals surface area contributed by atoms with Gasteiger partial charge in [-0.25, -0.2) is 0 Å². The Morgan fingerprint density at radius 2 is 2.11 bits per heavy atom. The molecule has 0 radical (unpaired) electrons. The quantitative estimate of drug-likeness (QED) is 0.879. The molecule has 0 bridgehead atoms. The Hall–Kier alpha value is -1.07. The average Bonchev–Trinajstić information content (AvgIpc) is 2.29. The Labute approximate surface area is 124 Å². The van der Waals surface area contributed by atoms with Gasteiger partial charge >= 0.3 is 5.97 Å². The van der Waals surface area contributed by atoms with Crippen molar-refractivity contribution in [2.75, 3.05) is 0 Å². The Balaban J connectivity index is 2.16. The summed E-state index contributed by atoms with van der Waals surface area (Å²) in [6.45, 7) is 0. The van der Waals surface area contributed by atoms with Crippen LogP contribution in [-0.4, -0.2) is 22.5 Å². The van der Waals surface area contributed by atoms with E-state index in [0.29, 0.717) is 27.9 Å². The molecule has 1 amide bonds. The lowest BCUT2D eigenvalue weighted by Crippen LogP contribution is -2.54. The molecule has 2 rings (SSSR count). The molecule has 0 spiro atoms. The minimum atomic E-state index is -0.902. The van der Waals surface area contributed by atoms with E-state index >= 15 is 0 Å². The van der Waals surface area contributed by atoms with Gasteiger partial charge in [-0.2, -0.15) is 0 Å². The summed E-state index contributed by atoms with van der Waals surface area (Å²) in [6.07, 6.45) is 2.26. The molecule has 0 aromatic heterocycles. The molecule has 1 aromatic rings. The van der Waals surface area contributed by atoms with Crippen molar-refractivity contribution in [1.29, 1.82) is 0 Å². The first-order valence-electron chi connectivity index (χ1n) is 5.92. The summed E-state index contributed by atoms with van der Waals surface area (Å²) >= 11 is 9.32. The van der Waals surface area contributed by atoms with E-state index in [1.807, 2.05) is 0 Å². The standard InChI is InChI=1S/C13H13BrClNO3/c14-9-4-1-3-8(11(9)15)12(19)16-13(5-2-6-13)7-10(17)18/h1,3-4H,2,5-7H2,(H,16,19)(H,17,18). The largest absolute Gasteiger partial charge is 0.481 e. The number of hydrogen-bond donors (Lipinski definition) is 2. The smallest absolute Gasteiger partial charge is 0.305 e. The summed E-state index contributed by atoms with van der Waals surface area (Å²) in [5, 5.41) is 12.1. The number of halogens is 2. The first kappa shape index (κ1) is 14.3. The minimum Gasteiger partial charge on any atom is -0.481 e. The van der Waals surface area contributed by atoms with E-state index in [9.17, 15) is 9.59 Å². The van der Waals surface area contributed by atoms with E-state index in [1.165, 1.54) is 0 Å². The lowest BCUT2D eigenvalue weighted by atomic mass is 9.74. The van der Waals surface area contributed by atoms with Crippen molar-refractivity contribution in [3.8, 4) is 0 Å². The molecule has 0 saturated heterocycles. The molecule has 102 valence electrons. The maximum atomic E-state index is 12.2. The number of carbonyl (C=O) groups excluding carboxylic acids is 1. The van der Waals surface area contributed by atoms with E-state index < -0.39 is 11.5 Å². The van der Waals surface area contributed by atoms with Crippen molar-refractivity contribution in [1.82, 2.24) is 5.32 Å². The van der Waals surface area contributed by atoms with Crippen LogP contribution in [0.1, 0.15) is 36.0 Å². The number of aliphatic carboxylic acids is 1. The average molecular weight is 347 g/mol. The van der Waals surface area contributed by atoms with Crippen LogP contribution in [0, 0.1) is 0 Å². The van der Waals surface area contributed by atoms with Gasteiger partial charge in [0, 0.05) is 4.47 Å². The number of carbonyl (C=O) groups is 2. The Kier molecular flexibility index (Phi) is 4.16. The van der Waals surface area contributed by atoms with Crippen molar-refractivity contribution in [2.24, 2.45) is 0 Å². The third-order valence-corrected chi connectivity index (χ3v) is 4.67. The molecule has 1 fully saturated rings. The number of carboxylic acid groups (broad SMARTS) is 1. The molecule has 1 aliphatic rings. The zero-order valence-electron chi connectivity index (χ0n) is 10.1. The maximum Gasteiger partial charge on any atom is 0.305 e. The van der Waals surface area contributed by atoms with Crippen molar-refractivity contribution >= 4 is 39.4 Å². The zero-order valence-corrected chi connectivity index (χ0v) is 12.4. The number of carboxylic acids is 1. The van der Waals surface area contributed by atoms with Crippen LogP contribution in [-0.2, 0) is 4.79 Å². The van der Waals surface area contributed by atoms with Crippen molar-refractivity contribution < 1.29 is 14.7 Å². The molecule has 4 nitrogen and oxygen atoms in total. The van der Waals surface area contributed by atoms with Gasteiger partial charge in [0.05, 0.1) is 22.5 Å². The predicted molar refractivity (Wildman–Crippen MR) is 75.5 cm³/mol. The number of hydrogen-bond acceptors (Lipinski definition) is 2. The summed E-state index contributed by atoms with van der Waals surface area (Å²) in [5.74, 6) is -1.23. The fourth-order valence-corrected chi connectivity index (χ4v) is 2.80. The molecule has 1 aliphatic carbocycles. The van der Waals surface area contributed by atoms with Crippen molar-refractivity contribution in [3.05, 3.63) is 33.3 Å². The second-order valence-corrected chi connectivity index (χ2v) is 5.99. The van der Waals surface area contributed by atoms with E-state index in [2.05, 4.69) is 21.2 Å². The van der Waals surface area contributed by atoms with Crippen LogP contribution in [0.15, 0.2) is 22.7 Å². The zero-order chi connectivity index (χ0) is 14.0. The molecule has 0 atom stereocenters. The second-order valence-electron chi connectivity index (χ2n) is 4.76. The normalized spacial score (nSPS) is 16.5. The lowest BCUT2D eigenvalue weighted by molar-refractivity contribution is -0.139. The Bertz CT molecular complexity index is 529. The van der Waals surface area contributed by atoms with Crippen LogP contribution in [0.2, 0.25) is 5.02 Å². The second kappa shape index (κ2) is 5.51. The van der Waals surface area contributed by atoms with Crippen LogP contribution in [0.5, 0.6) is 0 Å². The molecular weight excluding hydrogens is 334 g/mol. The monoisotopic (exact) mass is 345 g/mol. The van der Waals surface area contributed by atoms with Gasteiger partial charge in [-0.15, -0.1) is 0 Å². The Morgan fingerprint density at radius 1 is 1.42 bits per heavy atom. The first-order valence-corrected chi connectivity index (χ1v) is 7.09. The molecule has 2 N–H and O–H groups in total. The van der Waals surface area contributed by atoms with Crippen LogP contribution >= 0.6 is 27.5 Å². The van der Waals surface area contributed by atoms with Gasteiger partial charge in [0.1, 0.15) is 0 Å². The highest BCUT2D eigenvalue weighted by atomic mass is 79.9. The van der Waals surface area contributed by atoms with E-state index in [4.69, 9.17) is 16.7 Å². The van der Waals surface area contributed by atoms with Crippen LogP contribution in [0.3, 0.4) is 0 Å². The topological polar surface area (TPSA) is 66.4 Å². The van der Waals surface area contributed by atoms with Crippen LogP contribution in [0.4, 0.5) is 0 Å². The molecule has 6 heteroatoms. The third-order valence-electron chi connectivity index (χ3n) is 3.38. The van der Waals surface area contributed by atoms with Gasteiger partial charge in [-0.3, -0.25) is 9.59 Å². The fraction of sp³-hybridized carbons (Fsp3) is 0.385. The summed E-state index contributed by atoms with van der Waals surface area (Å²) in [7, 11) is 0. The molecular formula is C13H13BrClNO3. The number of amides is 1. The van der Waals surface area contributed by atoms with Gasteiger partial charge in [-0.05, 0) is 47.3 Å². The maximum absolute atomic E-state index is 12.2. The third kappa shape index (κ3) is 3.09. The lowest BCUT2D eigenvalue weighted by Gasteiger charge is -2.41. The predicted octanol–water partition coefficient (Wildman–Crippen LogP) is 3.23. The highest BCUT2D eigenvalue weighted by Gasteiger charge is 2.40. The highest BCUT2D eigenvalue weighted by molar-refractivity contribution is 9.10. The first-order chi connectivity index (χ1) is 8.93. The van der Waals surface area contributed by atoms with Crippen LogP contribution < -0.4 is 5.32 Å². The summed E-state index contributed by atoms with van der Waals surface area (Å²) in [4.78, 5) is 23.1. The van der Waals surface area contributed by atoms with Gasteiger partial charge in [0.2, 0.25) is 0 Å².